The first-order valence-corrected chi connectivity index (χ1v) is 7.77. The predicted molar refractivity (Wildman–Crippen MR) is 79.3 cm³/mol. The number of rotatable bonds is 5. The average molecular weight is 305 g/mol. The summed E-state index contributed by atoms with van der Waals surface area (Å²) in [6.07, 6.45) is 3.06. The van der Waals surface area contributed by atoms with Gasteiger partial charge >= 0.3 is 5.16 Å². The number of methoxy groups -OCH3 is 1. The van der Waals surface area contributed by atoms with Crippen LogP contribution in [0.2, 0.25) is 0 Å². The van der Waals surface area contributed by atoms with Gasteiger partial charge in [-0.1, -0.05) is 0 Å². The van der Waals surface area contributed by atoms with E-state index in [0.29, 0.717) is 23.3 Å². The molecule has 7 nitrogen and oxygen atoms in total. The number of nitriles is 1. The van der Waals surface area contributed by atoms with Gasteiger partial charge in [0.2, 0.25) is 0 Å². The number of hydrogen-bond donors (Lipinski definition) is 1. The third-order valence-electron chi connectivity index (χ3n) is 2.72. The lowest BCUT2D eigenvalue weighted by Gasteiger charge is -2.15. The Bertz CT molecular complexity index is 686. The van der Waals surface area contributed by atoms with Gasteiger partial charge in [-0.05, 0) is 13.0 Å². The molecule has 0 saturated heterocycles. The molecular weight excluding hydrogens is 290 g/mol. The van der Waals surface area contributed by atoms with Crippen molar-refractivity contribution in [3.8, 4) is 6.07 Å². The second-order valence-electron chi connectivity index (χ2n) is 4.51. The van der Waals surface area contributed by atoms with Gasteiger partial charge in [-0.2, -0.15) is 15.2 Å². The number of anilines is 1. The molecule has 0 aliphatic heterocycles. The Balaban J connectivity index is 2.53. The first kappa shape index (κ1) is 15.4. The van der Waals surface area contributed by atoms with Gasteiger partial charge in [0.25, 0.3) is 0 Å². The minimum atomic E-state index is -1.28. The van der Waals surface area contributed by atoms with Crippen LogP contribution in [0.3, 0.4) is 0 Å². The zero-order valence-corrected chi connectivity index (χ0v) is 12.8. The molecule has 1 N–H and O–H groups in total. The SMILES string of the molecule is COC[C@H](C)Nc1nc(C#N)cc2cnc([S+](C)[O-])nc12. The van der Waals surface area contributed by atoms with Crippen molar-refractivity contribution >= 4 is 27.9 Å². The molecule has 0 fully saturated rings. The molecular formula is C13H15N5O2S. The Labute approximate surface area is 125 Å². The highest BCUT2D eigenvalue weighted by Crippen LogP contribution is 2.22. The predicted octanol–water partition coefficient (Wildman–Crippen LogP) is 1.08. The fraction of sp³-hybridized carbons (Fsp3) is 0.385. The molecule has 1 unspecified atom stereocenters. The normalized spacial score (nSPS) is 13.7. The molecule has 0 aliphatic rings. The quantitative estimate of drug-likeness (QED) is 0.650. The van der Waals surface area contributed by atoms with Gasteiger partial charge in [-0.25, -0.2) is 4.98 Å². The van der Waals surface area contributed by atoms with Crippen molar-refractivity contribution in [2.24, 2.45) is 0 Å². The molecule has 0 amide bonds. The van der Waals surface area contributed by atoms with E-state index >= 15 is 0 Å². The minimum absolute atomic E-state index is 0.00909. The first-order chi connectivity index (χ1) is 10.0. The van der Waals surface area contributed by atoms with Crippen LogP contribution in [-0.2, 0) is 15.9 Å². The lowest BCUT2D eigenvalue weighted by atomic mass is 10.2. The number of pyridine rings is 1. The van der Waals surface area contributed by atoms with Gasteiger partial charge in [0.05, 0.1) is 6.61 Å². The molecule has 21 heavy (non-hydrogen) atoms. The molecule has 2 atom stereocenters. The molecule has 2 heterocycles. The summed E-state index contributed by atoms with van der Waals surface area (Å²) < 4.78 is 16.6. The molecule has 0 radical (unpaired) electrons. The standard InChI is InChI=1S/C13H15N5O2S/c1-8(7-20-2)16-12-11-9(4-10(5-14)17-12)6-15-13(18-11)21(3)19/h4,6,8H,7H2,1-3H3,(H,16,17)/t8-,21?/m0/s1. The number of hydrogen-bond acceptors (Lipinski definition) is 7. The summed E-state index contributed by atoms with van der Waals surface area (Å²) in [6.45, 7) is 2.41. The Hall–Kier alpha value is -1.95. The van der Waals surface area contributed by atoms with Crippen molar-refractivity contribution in [2.75, 3.05) is 25.3 Å². The zero-order chi connectivity index (χ0) is 15.4. The summed E-state index contributed by atoms with van der Waals surface area (Å²) >= 11 is -1.28. The Morgan fingerprint density at radius 2 is 2.29 bits per heavy atom. The van der Waals surface area contributed by atoms with Crippen molar-refractivity contribution < 1.29 is 9.29 Å². The maximum absolute atomic E-state index is 11.5. The van der Waals surface area contributed by atoms with Crippen molar-refractivity contribution in [3.05, 3.63) is 18.0 Å². The largest absolute Gasteiger partial charge is 0.609 e. The van der Waals surface area contributed by atoms with Gasteiger partial charge < -0.3 is 14.6 Å². The zero-order valence-electron chi connectivity index (χ0n) is 12.0. The van der Waals surface area contributed by atoms with Crippen LogP contribution in [0.15, 0.2) is 17.4 Å². The van der Waals surface area contributed by atoms with Gasteiger partial charge in [0.15, 0.2) is 5.82 Å². The van der Waals surface area contributed by atoms with Gasteiger partial charge in [-0.15, -0.1) is 0 Å². The number of nitrogens with zero attached hydrogens (tertiary/aromatic N) is 4. The van der Waals surface area contributed by atoms with E-state index in [-0.39, 0.29) is 16.9 Å². The Morgan fingerprint density at radius 3 is 2.90 bits per heavy atom. The second kappa shape index (κ2) is 6.67. The van der Waals surface area contributed by atoms with Gasteiger partial charge in [-0.3, -0.25) is 0 Å². The van der Waals surface area contributed by atoms with Crippen LogP contribution in [0.5, 0.6) is 0 Å². The van der Waals surface area contributed by atoms with Crippen molar-refractivity contribution in [2.45, 2.75) is 18.1 Å². The van der Waals surface area contributed by atoms with Gasteiger partial charge in [0, 0.05) is 35.9 Å². The summed E-state index contributed by atoms with van der Waals surface area (Å²) in [5.74, 6) is 0.461. The highest BCUT2D eigenvalue weighted by atomic mass is 32.2. The summed E-state index contributed by atoms with van der Waals surface area (Å²) in [6, 6.07) is 3.60. The highest BCUT2D eigenvalue weighted by molar-refractivity contribution is 7.90. The molecule has 0 saturated carbocycles. The number of nitrogens with one attached hydrogen (secondary N) is 1. The van der Waals surface area contributed by atoms with E-state index < -0.39 is 11.2 Å². The van der Waals surface area contributed by atoms with E-state index in [1.54, 1.807) is 19.4 Å². The number of ether oxygens (including phenoxy) is 1. The lowest BCUT2D eigenvalue weighted by Crippen LogP contribution is -2.22. The van der Waals surface area contributed by atoms with E-state index in [2.05, 4.69) is 20.3 Å². The molecule has 110 valence electrons. The highest BCUT2D eigenvalue weighted by Gasteiger charge is 2.15. The Kier molecular flexibility index (Phi) is 4.90. The van der Waals surface area contributed by atoms with Crippen molar-refractivity contribution in [3.63, 3.8) is 0 Å². The average Bonchev–Trinajstić information content (AvgIpc) is 2.46. The van der Waals surface area contributed by atoms with Crippen LogP contribution < -0.4 is 5.32 Å². The second-order valence-corrected chi connectivity index (χ2v) is 5.79. The fourth-order valence-corrected chi connectivity index (χ4v) is 2.27. The lowest BCUT2D eigenvalue weighted by molar-refractivity contribution is 0.190. The molecule has 0 spiro atoms. The Morgan fingerprint density at radius 1 is 1.52 bits per heavy atom. The van der Waals surface area contributed by atoms with E-state index in [1.165, 1.54) is 6.26 Å². The third kappa shape index (κ3) is 3.58. The molecule has 2 aromatic rings. The van der Waals surface area contributed by atoms with E-state index in [1.807, 2.05) is 13.0 Å². The maximum Gasteiger partial charge on any atom is 0.343 e. The summed E-state index contributed by atoms with van der Waals surface area (Å²) in [4.78, 5) is 12.5. The van der Waals surface area contributed by atoms with E-state index in [0.717, 1.165) is 0 Å². The van der Waals surface area contributed by atoms with Crippen LogP contribution >= 0.6 is 0 Å². The summed E-state index contributed by atoms with van der Waals surface area (Å²) in [5, 5.41) is 13.1. The van der Waals surface area contributed by atoms with Crippen LogP contribution in [-0.4, -0.2) is 45.5 Å². The maximum atomic E-state index is 11.5. The van der Waals surface area contributed by atoms with Gasteiger partial charge in [0.1, 0.15) is 23.5 Å². The molecule has 0 aromatic carbocycles. The van der Waals surface area contributed by atoms with Crippen molar-refractivity contribution in [1.29, 1.82) is 5.26 Å². The monoisotopic (exact) mass is 305 g/mol. The summed E-state index contributed by atoms with van der Waals surface area (Å²) in [7, 11) is 1.61. The molecule has 8 heteroatoms. The first-order valence-electron chi connectivity index (χ1n) is 6.22. The van der Waals surface area contributed by atoms with E-state index in [9.17, 15) is 4.55 Å². The number of fused-ring (bicyclic) bond motifs is 1. The molecule has 0 aliphatic carbocycles. The van der Waals surface area contributed by atoms with Crippen LogP contribution in [0, 0.1) is 11.3 Å². The van der Waals surface area contributed by atoms with E-state index in [4.69, 9.17) is 10.00 Å². The fourth-order valence-electron chi connectivity index (χ4n) is 1.84. The van der Waals surface area contributed by atoms with Crippen LogP contribution in [0.25, 0.3) is 10.9 Å². The topological polar surface area (TPSA) is 107 Å². The molecule has 0 bridgehead atoms. The molecule has 2 aromatic heterocycles. The van der Waals surface area contributed by atoms with Crippen molar-refractivity contribution in [1.82, 2.24) is 15.0 Å². The number of aromatic nitrogens is 3. The molecule has 2 rings (SSSR count). The smallest absolute Gasteiger partial charge is 0.343 e. The van der Waals surface area contributed by atoms with Crippen LogP contribution in [0.4, 0.5) is 5.82 Å². The van der Waals surface area contributed by atoms with Crippen LogP contribution in [0.1, 0.15) is 12.6 Å². The third-order valence-corrected chi connectivity index (χ3v) is 3.43. The summed E-state index contributed by atoms with van der Waals surface area (Å²) in [5.41, 5.74) is 0.806. The minimum Gasteiger partial charge on any atom is -0.609 e.